The fraction of sp³-hybridized carbons (Fsp3) is 0.533. The summed E-state index contributed by atoms with van der Waals surface area (Å²) in [6.07, 6.45) is 2.09. The molecule has 1 aromatic carbocycles. The summed E-state index contributed by atoms with van der Waals surface area (Å²) < 4.78 is 13.6. The van der Waals surface area contributed by atoms with E-state index in [4.69, 9.17) is 0 Å². The van der Waals surface area contributed by atoms with Gasteiger partial charge in [-0.3, -0.25) is 0 Å². The number of piperidine rings is 1. The van der Waals surface area contributed by atoms with Gasteiger partial charge in [-0.15, -0.1) is 0 Å². The second-order valence-corrected chi connectivity index (χ2v) is 5.36. The Labute approximate surface area is 113 Å². The first-order chi connectivity index (χ1) is 9.08. The van der Waals surface area contributed by atoms with Gasteiger partial charge in [-0.05, 0) is 31.7 Å². The van der Waals surface area contributed by atoms with Gasteiger partial charge in [0.05, 0.1) is 6.04 Å². The largest absolute Gasteiger partial charge is 0.331 e. The molecule has 0 aromatic heterocycles. The molecule has 2 amide bonds. The fourth-order valence-corrected chi connectivity index (χ4v) is 2.39. The maximum Gasteiger partial charge on any atom is 0.317 e. The first kappa shape index (κ1) is 13.8. The number of nitrogens with zero attached hydrogens (tertiary/aromatic N) is 1. The highest BCUT2D eigenvalue weighted by Gasteiger charge is 2.22. The van der Waals surface area contributed by atoms with Crippen LogP contribution in [0.5, 0.6) is 0 Å². The van der Waals surface area contributed by atoms with E-state index in [9.17, 15) is 9.18 Å². The molecular weight excluding hydrogens is 243 g/mol. The number of rotatable bonds is 2. The number of hydrogen-bond donors (Lipinski definition) is 1. The highest BCUT2D eigenvalue weighted by molar-refractivity contribution is 5.74. The topological polar surface area (TPSA) is 32.3 Å². The van der Waals surface area contributed by atoms with Crippen molar-refractivity contribution in [2.45, 2.75) is 32.7 Å². The van der Waals surface area contributed by atoms with Crippen LogP contribution in [0.25, 0.3) is 0 Å². The van der Waals surface area contributed by atoms with E-state index in [1.54, 1.807) is 18.2 Å². The van der Waals surface area contributed by atoms with Crippen molar-refractivity contribution >= 4 is 6.03 Å². The van der Waals surface area contributed by atoms with Gasteiger partial charge < -0.3 is 10.2 Å². The van der Waals surface area contributed by atoms with Gasteiger partial charge in [-0.1, -0.05) is 25.1 Å². The third-order valence-corrected chi connectivity index (χ3v) is 3.78. The summed E-state index contributed by atoms with van der Waals surface area (Å²) in [5.41, 5.74) is 0.529. The lowest BCUT2D eigenvalue weighted by atomic mass is 9.99. The minimum Gasteiger partial charge on any atom is -0.331 e. The molecule has 1 fully saturated rings. The van der Waals surface area contributed by atoms with Crippen LogP contribution in [-0.2, 0) is 0 Å². The lowest BCUT2D eigenvalue weighted by Gasteiger charge is -2.31. The average Bonchev–Trinajstić information content (AvgIpc) is 2.39. The Morgan fingerprint density at radius 2 is 2.00 bits per heavy atom. The van der Waals surface area contributed by atoms with Gasteiger partial charge in [0.15, 0.2) is 0 Å². The first-order valence-corrected chi connectivity index (χ1v) is 6.88. The summed E-state index contributed by atoms with van der Waals surface area (Å²) >= 11 is 0. The van der Waals surface area contributed by atoms with E-state index in [0.29, 0.717) is 11.5 Å². The summed E-state index contributed by atoms with van der Waals surface area (Å²) in [5.74, 6) is 0.413. The normalized spacial score (nSPS) is 18.2. The van der Waals surface area contributed by atoms with Crippen molar-refractivity contribution in [3.63, 3.8) is 0 Å². The molecule has 1 unspecified atom stereocenters. The van der Waals surface area contributed by atoms with Crippen LogP contribution < -0.4 is 5.32 Å². The van der Waals surface area contributed by atoms with E-state index in [-0.39, 0.29) is 17.9 Å². The average molecular weight is 264 g/mol. The van der Waals surface area contributed by atoms with Crippen molar-refractivity contribution in [2.24, 2.45) is 5.92 Å². The third kappa shape index (κ3) is 3.46. The molecule has 1 saturated heterocycles. The predicted octanol–water partition coefficient (Wildman–Crippen LogP) is 3.33. The number of likely N-dealkylation sites (tertiary alicyclic amines) is 1. The van der Waals surface area contributed by atoms with Gasteiger partial charge in [-0.25, -0.2) is 9.18 Å². The van der Waals surface area contributed by atoms with Gasteiger partial charge in [0.2, 0.25) is 0 Å². The van der Waals surface area contributed by atoms with E-state index in [1.165, 1.54) is 6.07 Å². The van der Waals surface area contributed by atoms with Crippen LogP contribution in [0.2, 0.25) is 0 Å². The maximum absolute atomic E-state index is 13.6. The van der Waals surface area contributed by atoms with E-state index >= 15 is 0 Å². The second-order valence-electron chi connectivity index (χ2n) is 5.36. The van der Waals surface area contributed by atoms with Crippen molar-refractivity contribution in [3.8, 4) is 0 Å². The quantitative estimate of drug-likeness (QED) is 0.873. The predicted molar refractivity (Wildman–Crippen MR) is 73.3 cm³/mol. The van der Waals surface area contributed by atoms with Crippen LogP contribution in [0.3, 0.4) is 0 Å². The van der Waals surface area contributed by atoms with E-state index in [1.807, 2.05) is 11.8 Å². The Morgan fingerprint density at radius 1 is 1.37 bits per heavy atom. The molecule has 0 bridgehead atoms. The van der Waals surface area contributed by atoms with Crippen LogP contribution in [0.4, 0.5) is 9.18 Å². The van der Waals surface area contributed by atoms with Gasteiger partial charge in [-0.2, -0.15) is 0 Å². The number of nitrogens with one attached hydrogen (secondary N) is 1. The molecule has 0 aliphatic carbocycles. The molecule has 19 heavy (non-hydrogen) atoms. The van der Waals surface area contributed by atoms with Crippen molar-refractivity contribution in [1.29, 1.82) is 0 Å². The Morgan fingerprint density at radius 3 is 2.63 bits per heavy atom. The molecule has 2 rings (SSSR count). The molecule has 0 saturated carbocycles. The Balaban J connectivity index is 1.94. The number of benzene rings is 1. The summed E-state index contributed by atoms with van der Waals surface area (Å²) in [6.45, 7) is 5.59. The van der Waals surface area contributed by atoms with Crippen LogP contribution in [0.1, 0.15) is 38.3 Å². The number of halogens is 1. The zero-order valence-electron chi connectivity index (χ0n) is 11.5. The highest BCUT2D eigenvalue weighted by Crippen LogP contribution is 2.19. The highest BCUT2D eigenvalue weighted by atomic mass is 19.1. The molecular formula is C15H21FN2O. The van der Waals surface area contributed by atoms with Crippen LogP contribution in [-0.4, -0.2) is 24.0 Å². The number of carbonyl (C=O) groups excluding carboxylic acids is 1. The molecule has 1 aliphatic heterocycles. The Kier molecular flexibility index (Phi) is 4.40. The van der Waals surface area contributed by atoms with Crippen molar-refractivity contribution < 1.29 is 9.18 Å². The monoisotopic (exact) mass is 264 g/mol. The van der Waals surface area contributed by atoms with Gasteiger partial charge >= 0.3 is 6.03 Å². The Bertz CT molecular complexity index is 442. The van der Waals surface area contributed by atoms with Crippen molar-refractivity contribution in [1.82, 2.24) is 10.2 Å². The molecule has 1 aliphatic rings. The van der Waals surface area contributed by atoms with Crippen molar-refractivity contribution in [2.75, 3.05) is 13.1 Å². The number of hydrogen-bond acceptors (Lipinski definition) is 1. The molecule has 104 valence electrons. The zero-order valence-corrected chi connectivity index (χ0v) is 11.5. The third-order valence-electron chi connectivity index (χ3n) is 3.78. The standard InChI is InChI=1S/C15H21FN2O/c1-11-7-9-18(10-8-11)15(19)17-12(2)13-5-3-4-6-14(13)16/h3-6,11-12H,7-10H2,1-2H3,(H,17,19). The minimum absolute atomic E-state index is 0.0948. The molecule has 4 heteroatoms. The van der Waals surface area contributed by atoms with Gasteiger partial charge in [0.25, 0.3) is 0 Å². The summed E-state index contributed by atoms with van der Waals surface area (Å²) in [6, 6.07) is 6.15. The van der Waals surface area contributed by atoms with Gasteiger partial charge in [0.1, 0.15) is 5.82 Å². The zero-order chi connectivity index (χ0) is 13.8. The van der Waals surface area contributed by atoms with Crippen LogP contribution in [0, 0.1) is 11.7 Å². The summed E-state index contributed by atoms with van der Waals surface area (Å²) in [7, 11) is 0. The summed E-state index contributed by atoms with van der Waals surface area (Å²) in [5, 5.41) is 2.87. The summed E-state index contributed by atoms with van der Waals surface area (Å²) in [4.78, 5) is 13.9. The maximum atomic E-state index is 13.6. The molecule has 1 N–H and O–H groups in total. The minimum atomic E-state index is -0.312. The molecule has 1 atom stereocenters. The smallest absolute Gasteiger partial charge is 0.317 e. The number of carbonyl (C=O) groups is 1. The fourth-order valence-electron chi connectivity index (χ4n) is 2.39. The molecule has 1 heterocycles. The van der Waals surface area contributed by atoms with Crippen LogP contribution >= 0.6 is 0 Å². The van der Waals surface area contributed by atoms with E-state index in [2.05, 4.69) is 12.2 Å². The van der Waals surface area contributed by atoms with Crippen molar-refractivity contribution in [3.05, 3.63) is 35.6 Å². The molecule has 3 nitrogen and oxygen atoms in total. The lowest BCUT2D eigenvalue weighted by Crippen LogP contribution is -2.44. The van der Waals surface area contributed by atoms with E-state index in [0.717, 1.165) is 25.9 Å². The molecule has 1 aromatic rings. The number of urea groups is 1. The number of amides is 2. The Hall–Kier alpha value is -1.58. The SMILES string of the molecule is CC1CCN(C(=O)NC(C)c2ccccc2F)CC1. The molecule has 0 spiro atoms. The van der Waals surface area contributed by atoms with Crippen LogP contribution in [0.15, 0.2) is 24.3 Å². The van der Waals surface area contributed by atoms with Gasteiger partial charge in [0, 0.05) is 18.7 Å². The first-order valence-electron chi connectivity index (χ1n) is 6.88. The second kappa shape index (κ2) is 6.04. The molecule has 0 radical (unpaired) electrons. The lowest BCUT2D eigenvalue weighted by molar-refractivity contribution is 0.171. The van der Waals surface area contributed by atoms with E-state index < -0.39 is 0 Å².